The van der Waals surface area contributed by atoms with Crippen LogP contribution in [-0.2, 0) is 19.8 Å². The highest BCUT2D eigenvalue weighted by Crippen LogP contribution is 2.48. The standard InChI is InChI=1S/C15H16ClNO3/c1-10-13(20-9-8-19-10)14(18)17-15(6-7-15)11-4-2-3-5-12(11)16/h2-5H,6-9H2,1H3,(H,17,18). The third-order valence-electron chi connectivity index (χ3n) is 3.67. The van der Waals surface area contributed by atoms with Crippen molar-refractivity contribution in [2.75, 3.05) is 13.2 Å². The Morgan fingerprint density at radius 1 is 1.25 bits per heavy atom. The molecule has 0 saturated heterocycles. The second-order valence-corrected chi connectivity index (χ2v) is 5.51. The molecule has 4 nitrogen and oxygen atoms in total. The van der Waals surface area contributed by atoms with E-state index in [1.54, 1.807) is 6.92 Å². The number of halogens is 1. The van der Waals surface area contributed by atoms with Crippen LogP contribution in [0.2, 0.25) is 5.02 Å². The fourth-order valence-electron chi connectivity index (χ4n) is 2.44. The van der Waals surface area contributed by atoms with Crippen molar-refractivity contribution in [3.8, 4) is 0 Å². The predicted molar refractivity (Wildman–Crippen MR) is 75.1 cm³/mol. The first-order chi connectivity index (χ1) is 9.62. The van der Waals surface area contributed by atoms with E-state index in [9.17, 15) is 4.79 Å². The summed E-state index contributed by atoms with van der Waals surface area (Å²) in [6.07, 6.45) is 1.77. The van der Waals surface area contributed by atoms with Gasteiger partial charge in [-0.1, -0.05) is 29.8 Å². The minimum Gasteiger partial charge on any atom is -0.491 e. The summed E-state index contributed by atoms with van der Waals surface area (Å²) in [4.78, 5) is 12.3. The lowest BCUT2D eigenvalue weighted by molar-refractivity contribution is -0.123. The molecule has 106 valence electrons. The molecule has 0 unspecified atom stereocenters. The summed E-state index contributed by atoms with van der Waals surface area (Å²) in [5.74, 6) is 0.568. The van der Waals surface area contributed by atoms with Gasteiger partial charge < -0.3 is 14.8 Å². The van der Waals surface area contributed by atoms with Crippen molar-refractivity contribution in [3.05, 3.63) is 46.4 Å². The maximum absolute atomic E-state index is 12.3. The van der Waals surface area contributed by atoms with Gasteiger partial charge in [-0.3, -0.25) is 4.79 Å². The second kappa shape index (κ2) is 5.02. The number of ether oxygens (including phenoxy) is 2. The number of amides is 1. The molecule has 1 aromatic carbocycles. The molecular formula is C15H16ClNO3. The number of rotatable bonds is 3. The van der Waals surface area contributed by atoms with E-state index in [0.29, 0.717) is 24.0 Å². The van der Waals surface area contributed by atoms with Gasteiger partial charge in [0.1, 0.15) is 19.0 Å². The first kappa shape index (κ1) is 13.3. The molecule has 3 rings (SSSR count). The lowest BCUT2D eigenvalue weighted by atomic mass is 10.0. The van der Waals surface area contributed by atoms with Gasteiger partial charge >= 0.3 is 0 Å². The Kier molecular flexibility index (Phi) is 3.34. The highest BCUT2D eigenvalue weighted by Gasteiger charge is 2.47. The van der Waals surface area contributed by atoms with Crippen molar-refractivity contribution in [2.45, 2.75) is 25.3 Å². The molecule has 1 heterocycles. The van der Waals surface area contributed by atoms with Crippen molar-refractivity contribution < 1.29 is 14.3 Å². The molecule has 20 heavy (non-hydrogen) atoms. The fraction of sp³-hybridized carbons (Fsp3) is 0.400. The maximum atomic E-state index is 12.3. The Morgan fingerprint density at radius 3 is 2.60 bits per heavy atom. The van der Waals surface area contributed by atoms with Crippen LogP contribution < -0.4 is 5.32 Å². The largest absolute Gasteiger partial charge is 0.491 e. The average molecular weight is 294 g/mol. The van der Waals surface area contributed by atoms with Gasteiger partial charge in [0.25, 0.3) is 5.91 Å². The Balaban J connectivity index is 1.81. The first-order valence-corrected chi connectivity index (χ1v) is 7.04. The van der Waals surface area contributed by atoms with E-state index >= 15 is 0 Å². The van der Waals surface area contributed by atoms with Crippen molar-refractivity contribution in [1.82, 2.24) is 5.32 Å². The van der Waals surface area contributed by atoms with Gasteiger partial charge in [-0.2, -0.15) is 0 Å². The summed E-state index contributed by atoms with van der Waals surface area (Å²) in [6, 6.07) is 7.61. The Labute approximate surface area is 122 Å². The van der Waals surface area contributed by atoms with Gasteiger partial charge in [0, 0.05) is 5.02 Å². The number of nitrogens with one attached hydrogen (secondary N) is 1. The van der Waals surface area contributed by atoms with Crippen LogP contribution in [-0.4, -0.2) is 19.1 Å². The number of hydrogen-bond donors (Lipinski definition) is 1. The molecule has 1 saturated carbocycles. The molecule has 1 N–H and O–H groups in total. The number of hydrogen-bond acceptors (Lipinski definition) is 3. The number of benzene rings is 1. The molecule has 1 fully saturated rings. The van der Waals surface area contributed by atoms with E-state index in [-0.39, 0.29) is 17.2 Å². The Hall–Kier alpha value is -1.68. The number of carbonyl (C=O) groups excluding carboxylic acids is 1. The zero-order valence-electron chi connectivity index (χ0n) is 11.2. The van der Waals surface area contributed by atoms with Crippen LogP contribution in [0.3, 0.4) is 0 Å². The molecule has 1 aromatic rings. The van der Waals surface area contributed by atoms with Crippen LogP contribution in [0.25, 0.3) is 0 Å². The molecule has 0 bridgehead atoms. The molecule has 0 spiro atoms. The van der Waals surface area contributed by atoms with Crippen LogP contribution in [0.1, 0.15) is 25.3 Å². The van der Waals surface area contributed by atoms with Gasteiger partial charge in [0.05, 0.1) is 5.54 Å². The van der Waals surface area contributed by atoms with Crippen LogP contribution >= 0.6 is 11.6 Å². The van der Waals surface area contributed by atoms with Gasteiger partial charge in [-0.25, -0.2) is 0 Å². The molecule has 0 aromatic heterocycles. The van der Waals surface area contributed by atoms with E-state index in [0.717, 1.165) is 18.4 Å². The van der Waals surface area contributed by atoms with E-state index in [1.165, 1.54) is 0 Å². The van der Waals surface area contributed by atoms with Gasteiger partial charge in [0.15, 0.2) is 0 Å². The van der Waals surface area contributed by atoms with Crippen LogP contribution in [0.5, 0.6) is 0 Å². The molecular weight excluding hydrogens is 278 g/mol. The van der Waals surface area contributed by atoms with E-state index in [2.05, 4.69) is 5.32 Å². The first-order valence-electron chi connectivity index (χ1n) is 6.66. The van der Waals surface area contributed by atoms with Crippen LogP contribution in [0.15, 0.2) is 35.8 Å². The topological polar surface area (TPSA) is 47.6 Å². The monoisotopic (exact) mass is 293 g/mol. The molecule has 0 atom stereocenters. The van der Waals surface area contributed by atoms with E-state index in [1.807, 2.05) is 24.3 Å². The lowest BCUT2D eigenvalue weighted by Crippen LogP contribution is -2.38. The summed E-state index contributed by atoms with van der Waals surface area (Å²) in [5.41, 5.74) is 0.605. The molecule has 2 aliphatic rings. The van der Waals surface area contributed by atoms with Crippen molar-refractivity contribution in [1.29, 1.82) is 0 Å². The van der Waals surface area contributed by atoms with E-state index in [4.69, 9.17) is 21.1 Å². The molecule has 1 aliphatic heterocycles. The van der Waals surface area contributed by atoms with Crippen LogP contribution in [0, 0.1) is 0 Å². The molecule has 5 heteroatoms. The van der Waals surface area contributed by atoms with Gasteiger partial charge in [-0.15, -0.1) is 0 Å². The fourth-order valence-corrected chi connectivity index (χ4v) is 2.76. The third-order valence-corrected chi connectivity index (χ3v) is 4.00. The van der Waals surface area contributed by atoms with Gasteiger partial charge in [-0.05, 0) is 31.4 Å². The summed E-state index contributed by atoms with van der Waals surface area (Å²) >= 11 is 6.23. The summed E-state index contributed by atoms with van der Waals surface area (Å²) in [5, 5.41) is 3.72. The van der Waals surface area contributed by atoms with E-state index < -0.39 is 0 Å². The van der Waals surface area contributed by atoms with Crippen molar-refractivity contribution in [3.63, 3.8) is 0 Å². The summed E-state index contributed by atoms with van der Waals surface area (Å²) in [7, 11) is 0. The Morgan fingerprint density at radius 2 is 1.95 bits per heavy atom. The molecule has 1 aliphatic carbocycles. The highest BCUT2D eigenvalue weighted by atomic mass is 35.5. The zero-order chi connectivity index (χ0) is 14.2. The highest BCUT2D eigenvalue weighted by molar-refractivity contribution is 6.31. The summed E-state index contributed by atoms with van der Waals surface area (Å²) < 4.78 is 10.7. The molecule has 0 radical (unpaired) electrons. The van der Waals surface area contributed by atoms with Gasteiger partial charge in [0.2, 0.25) is 5.76 Å². The normalized spacial score (nSPS) is 19.9. The minimum absolute atomic E-state index is 0.236. The second-order valence-electron chi connectivity index (χ2n) is 5.10. The molecule has 1 amide bonds. The van der Waals surface area contributed by atoms with Crippen LogP contribution in [0.4, 0.5) is 0 Å². The quantitative estimate of drug-likeness (QED) is 0.932. The maximum Gasteiger partial charge on any atom is 0.290 e. The third kappa shape index (κ3) is 2.36. The minimum atomic E-state index is -0.358. The SMILES string of the molecule is CC1=C(C(=O)NC2(c3ccccc3Cl)CC2)OCCO1. The Bertz CT molecular complexity index is 578. The zero-order valence-corrected chi connectivity index (χ0v) is 12.0. The van der Waals surface area contributed by atoms with Crippen molar-refractivity contribution >= 4 is 17.5 Å². The number of allylic oxidation sites excluding steroid dienone is 1. The summed E-state index contributed by atoms with van der Waals surface area (Å²) in [6.45, 7) is 2.63. The average Bonchev–Trinajstić information content (AvgIpc) is 3.20. The number of carbonyl (C=O) groups is 1. The predicted octanol–water partition coefficient (Wildman–Crippen LogP) is 2.72. The lowest BCUT2D eigenvalue weighted by Gasteiger charge is -2.23. The van der Waals surface area contributed by atoms with Crippen molar-refractivity contribution in [2.24, 2.45) is 0 Å². The smallest absolute Gasteiger partial charge is 0.290 e.